The average molecular weight is 358 g/mol. The molecule has 0 atom stereocenters. The van der Waals surface area contributed by atoms with Gasteiger partial charge in [0.05, 0.1) is 11.4 Å². The molecule has 0 spiro atoms. The largest absolute Gasteiger partial charge is 0.337 e. The van der Waals surface area contributed by atoms with Gasteiger partial charge in [-0.05, 0) is 23.9 Å². The van der Waals surface area contributed by atoms with Gasteiger partial charge in [-0.3, -0.25) is 9.69 Å². The highest BCUT2D eigenvalue weighted by atomic mass is 32.1. The smallest absolute Gasteiger partial charge is 0.264 e. The van der Waals surface area contributed by atoms with Crippen molar-refractivity contribution in [3.63, 3.8) is 0 Å². The average Bonchev–Trinajstić information content (AvgIpc) is 3.20. The van der Waals surface area contributed by atoms with E-state index in [4.69, 9.17) is 0 Å². The minimum absolute atomic E-state index is 0.173. The second-order valence-corrected chi connectivity index (χ2v) is 8.06. The lowest BCUT2D eigenvalue weighted by Crippen LogP contribution is -2.34. The Bertz CT molecular complexity index is 795. The van der Waals surface area contributed by atoms with Crippen molar-refractivity contribution in [2.45, 2.75) is 13.0 Å². The summed E-state index contributed by atoms with van der Waals surface area (Å²) in [5.74, 6) is 0.173. The van der Waals surface area contributed by atoms with E-state index in [-0.39, 0.29) is 5.91 Å². The summed E-state index contributed by atoms with van der Waals surface area (Å²) in [5.41, 5.74) is 0. The number of benzene rings is 1. The van der Waals surface area contributed by atoms with E-state index >= 15 is 0 Å². The monoisotopic (exact) mass is 357 g/mol. The fourth-order valence-corrected chi connectivity index (χ4v) is 4.79. The molecule has 0 aliphatic carbocycles. The van der Waals surface area contributed by atoms with Crippen LogP contribution in [-0.4, -0.2) is 46.9 Å². The SMILES string of the molecule is O=C(c1cc2ccccc2s1)N1CCCN(Cc2nccs2)CC1. The standard InChI is InChI=1S/C18H19N3OS2/c22-18(16-12-14-4-1-2-5-15(14)24-16)21-8-3-7-20(9-10-21)13-17-19-6-11-23-17/h1-2,4-6,11-12H,3,7-10,13H2. The van der Waals surface area contributed by atoms with Crippen molar-refractivity contribution < 1.29 is 4.79 Å². The normalized spacial score (nSPS) is 16.4. The Labute approximate surface area is 149 Å². The molecule has 4 rings (SSSR count). The lowest BCUT2D eigenvalue weighted by molar-refractivity contribution is 0.0766. The molecule has 1 aliphatic rings. The van der Waals surface area contributed by atoms with Crippen LogP contribution in [0, 0.1) is 0 Å². The topological polar surface area (TPSA) is 36.4 Å². The first kappa shape index (κ1) is 15.7. The highest BCUT2D eigenvalue weighted by Gasteiger charge is 2.22. The Hall–Kier alpha value is -1.76. The molecule has 0 N–H and O–H groups in total. The van der Waals surface area contributed by atoms with Crippen molar-refractivity contribution in [2.75, 3.05) is 26.2 Å². The van der Waals surface area contributed by atoms with Gasteiger partial charge in [-0.25, -0.2) is 4.98 Å². The van der Waals surface area contributed by atoms with Crippen LogP contribution in [0.15, 0.2) is 41.9 Å². The van der Waals surface area contributed by atoms with Crippen molar-refractivity contribution >= 4 is 38.7 Å². The summed E-state index contributed by atoms with van der Waals surface area (Å²) < 4.78 is 1.18. The van der Waals surface area contributed by atoms with Crippen LogP contribution in [0.3, 0.4) is 0 Å². The third kappa shape index (κ3) is 3.36. The minimum Gasteiger partial charge on any atom is -0.337 e. The summed E-state index contributed by atoms with van der Waals surface area (Å²) in [6.07, 6.45) is 2.87. The van der Waals surface area contributed by atoms with E-state index in [9.17, 15) is 4.79 Å². The lowest BCUT2D eigenvalue weighted by Gasteiger charge is -2.21. The van der Waals surface area contributed by atoms with Crippen molar-refractivity contribution in [2.24, 2.45) is 0 Å². The molecule has 24 heavy (non-hydrogen) atoms. The van der Waals surface area contributed by atoms with Crippen LogP contribution < -0.4 is 0 Å². The summed E-state index contributed by atoms with van der Waals surface area (Å²) in [5, 5.41) is 4.33. The molecule has 4 nitrogen and oxygen atoms in total. The number of amides is 1. The third-order valence-corrected chi connectivity index (χ3v) is 6.22. The van der Waals surface area contributed by atoms with Crippen molar-refractivity contribution in [1.29, 1.82) is 0 Å². The van der Waals surface area contributed by atoms with Gasteiger partial charge in [-0.15, -0.1) is 22.7 Å². The highest BCUT2D eigenvalue weighted by molar-refractivity contribution is 7.20. The van der Waals surface area contributed by atoms with Gasteiger partial charge >= 0.3 is 0 Å². The highest BCUT2D eigenvalue weighted by Crippen LogP contribution is 2.26. The number of nitrogens with zero attached hydrogens (tertiary/aromatic N) is 3. The quantitative estimate of drug-likeness (QED) is 0.717. The summed E-state index contributed by atoms with van der Waals surface area (Å²) in [6.45, 7) is 4.45. The first-order chi connectivity index (χ1) is 11.8. The Morgan fingerprint density at radius 3 is 2.92 bits per heavy atom. The lowest BCUT2D eigenvalue weighted by atomic mass is 10.2. The molecule has 0 unspecified atom stereocenters. The molecular weight excluding hydrogens is 338 g/mol. The Morgan fingerprint density at radius 1 is 1.17 bits per heavy atom. The summed E-state index contributed by atoms with van der Waals surface area (Å²) in [6, 6.07) is 10.2. The van der Waals surface area contributed by atoms with Crippen LogP contribution in [0.5, 0.6) is 0 Å². The molecule has 0 saturated carbocycles. The van der Waals surface area contributed by atoms with E-state index in [0.717, 1.165) is 54.4 Å². The van der Waals surface area contributed by atoms with Crippen LogP contribution in [0.2, 0.25) is 0 Å². The number of carbonyl (C=O) groups is 1. The maximum atomic E-state index is 12.9. The number of carbonyl (C=O) groups excluding carboxylic acids is 1. The van der Waals surface area contributed by atoms with Crippen LogP contribution >= 0.6 is 22.7 Å². The van der Waals surface area contributed by atoms with Gasteiger partial charge in [-0.2, -0.15) is 0 Å². The minimum atomic E-state index is 0.173. The van der Waals surface area contributed by atoms with E-state index in [1.807, 2.05) is 34.7 Å². The molecular formula is C18H19N3OS2. The Morgan fingerprint density at radius 2 is 2.08 bits per heavy atom. The van der Waals surface area contributed by atoms with Crippen molar-refractivity contribution in [3.8, 4) is 0 Å². The second kappa shape index (κ2) is 7.01. The zero-order chi connectivity index (χ0) is 16.4. The van der Waals surface area contributed by atoms with Gasteiger partial charge in [0.2, 0.25) is 0 Å². The number of thiophene rings is 1. The summed E-state index contributed by atoms with van der Waals surface area (Å²) in [4.78, 5) is 22.5. The van der Waals surface area contributed by atoms with Crippen LogP contribution in [0.25, 0.3) is 10.1 Å². The Balaban J connectivity index is 1.43. The first-order valence-electron chi connectivity index (χ1n) is 8.18. The zero-order valence-corrected chi connectivity index (χ0v) is 15.0. The van der Waals surface area contributed by atoms with Gasteiger partial charge in [0.25, 0.3) is 5.91 Å². The molecule has 2 aromatic heterocycles. The fraction of sp³-hybridized carbons (Fsp3) is 0.333. The number of aromatic nitrogens is 1. The number of fused-ring (bicyclic) bond motifs is 1. The summed E-state index contributed by atoms with van der Waals surface area (Å²) in [7, 11) is 0. The molecule has 3 heterocycles. The zero-order valence-electron chi connectivity index (χ0n) is 13.4. The molecule has 0 bridgehead atoms. The van der Waals surface area contributed by atoms with Crippen LogP contribution in [-0.2, 0) is 6.54 Å². The molecule has 0 radical (unpaired) electrons. The predicted molar refractivity (Wildman–Crippen MR) is 99.7 cm³/mol. The molecule has 1 amide bonds. The molecule has 6 heteroatoms. The van der Waals surface area contributed by atoms with E-state index in [2.05, 4.69) is 22.0 Å². The van der Waals surface area contributed by atoms with E-state index in [1.54, 1.807) is 22.7 Å². The number of thiazole rings is 1. The first-order valence-corrected chi connectivity index (χ1v) is 9.88. The van der Waals surface area contributed by atoms with Gasteiger partial charge in [0, 0.05) is 42.5 Å². The summed E-state index contributed by atoms with van der Waals surface area (Å²) >= 11 is 3.30. The van der Waals surface area contributed by atoms with Gasteiger partial charge in [0.15, 0.2) is 0 Å². The predicted octanol–water partition coefficient (Wildman–Crippen LogP) is 3.71. The fourth-order valence-electron chi connectivity index (χ4n) is 3.10. The maximum absolute atomic E-state index is 12.9. The molecule has 1 aliphatic heterocycles. The third-order valence-electron chi connectivity index (χ3n) is 4.35. The number of hydrogen-bond acceptors (Lipinski definition) is 5. The Kier molecular flexibility index (Phi) is 4.60. The van der Waals surface area contributed by atoms with E-state index in [0.29, 0.717) is 0 Å². The second-order valence-electron chi connectivity index (χ2n) is 6.00. The van der Waals surface area contributed by atoms with Gasteiger partial charge in [0.1, 0.15) is 5.01 Å². The molecule has 1 saturated heterocycles. The van der Waals surface area contributed by atoms with Gasteiger partial charge < -0.3 is 4.90 Å². The maximum Gasteiger partial charge on any atom is 0.264 e. The van der Waals surface area contributed by atoms with Crippen LogP contribution in [0.1, 0.15) is 21.1 Å². The van der Waals surface area contributed by atoms with Gasteiger partial charge in [-0.1, -0.05) is 18.2 Å². The van der Waals surface area contributed by atoms with Crippen molar-refractivity contribution in [1.82, 2.24) is 14.8 Å². The molecule has 124 valence electrons. The molecule has 1 aromatic carbocycles. The molecule has 1 fully saturated rings. The van der Waals surface area contributed by atoms with E-state index < -0.39 is 0 Å². The van der Waals surface area contributed by atoms with Crippen molar-refractivity contribution in [3.05, 3.63) is 51.8 Å². The number of rotatable bonds is 3. The number of hydrogen-bond donors (Lipinski definition) is 0. The molecule has 3 aromatic rings. The van der Waals surface area contributed by atoms with E-state index in [1.165, 1.54) is 4.70 Å². The van der Waals surface area contributed by atoms with Crippen LogP contribution in [0.4, 0.5) is 0 Å².